The van der Waals surface area contributed by atoms with E-state index in [4.69, 9.17) is 5.73 Å². The third-order valence-electron chi connectivity index (χ3n) is 3.01. The Morgan fingerprint density at radius 1 is 1.43 bits per heavy atom. The van der Waals surface area contributed by atoms with Crippen molar-refractivity contribution in [1.29, 1.82) is 0 Å². The van der Waals surface area contributed by atoms with Gasteiger partial charge in [0.25, 0.3) is 0 Å². The topological polar surface area (TPSA) is 29.3 Å². The summed E-state index contributed by atoms with van der Waals surface area (Å²) in [6.45, 7) is 6.23. The molecule has 1 fully saturated rings. The van der Waals surface area contributed by atoms with Crippen molar-refractivity contribution in [2.45, 2.75) is 32.9 Å². The molecule has 0 amide bonds. The van der Waals surface area contributed by atoms with E-state index in [1.54, 1.807) is 0 Å². The minimum Gasteiger partial charge on any atom is -0.369 e. The van der Waals surface area contributed by atoms with Crippen LogP contribution < -0.4 is 10.6 Å². The lowest BCUT2D eigenvalue weighted by Gasteiger charge is -2.41. The second kappa shape index (κ2) is 3.62. The van der Waals surface area contributed by atoms with E-state index in [-0.39, 0.29) is 0 Å². The van der Waals surface area contributed by atoms with Crippen molar-refractivity contribution in [1.82, 2.24) is 0 Å². The largest absolute Gasteiger partial charge is 0.369 e. The summed E-state index contributed by atoms with van der Waals surface area (Å²) < 4.78 is 0. The lowest BCUT2D eigenvalue weighted by molar-refractivity contribution is 0.481. The number of rotatable bonds is 2. The molecular weight excluding hydrogens is 172 g/mol. The zero-order valence-electron chi connectivity index (χ0n) is 8.96. The van der Waals surface area contributed by atoms with Crippen LogP contribution in [0.2, 0.25) is 0 Å². The Hall–Kier alpha value is -1.02. The smallest absolute Gasteiger partial charge is 0.0374 e. The molecule has 0 saturated carbocycles. The summed E-state index contributed by atoms with van der Waals surface area (Å²) in [4.78, 5) is 2.44. The van der Waals surface area contributed by atoms with Crippen LogP contribution in [0.15, 0.2) is 18.2 Å². The van der Waals surface area contributed by atoms with Crippen molar-refractivity contribution in [2.24, 2.45) is 5.73 Å². The Morgan fingerprint density at radius 3 is 2.71 bits per heavy atom. The van der Waals surface area contributed by atoms with Gasteiger partial charge < -0.3 is 10.6 Å². The number of nitrogens with two attached hydrogens (primary N) is 1. The second-order valence-electron chi connectivity index (χ2n) is 4.21. The summed E-state index contributed by atoms with van der Waals surface area (Å²) in [6.07, 6.45) is 1.31. The summed E-state index contributed by atoms with van der Waals surface area (Å²) in [5, 5.41) is 0. The van der Waals surface area contributed by atoms with Gasteiger partial charge in [0.05, 0.1) is 0 Å². The monoisotopic (exact) mass is 190 g/mol. The van der Waals surface area contributed by atoms with Gasteiger partial charge in [-0.1, -0.05) is 6.07 Å². The molecular formula is C12H18N2. The fourth-order valence-corrected chi connectivity index (χ4v) is 2.02. The van der Waals surface area contributed by atoms with E-state index < -0.39 is 0 Å². The van der Waals surface area contributed by atoms with Gasteiger partial charge in [0, 0.05) is 24.8 Å². The maximum atomic E-state index is 5.66. The van der Waals surface area contributed by atoms with E-state index in [0.29, 0.717) is 12.6 Å². The van der Waals surface area contributed by atoms with Crippen LogP contribution in [-0.2, 0) is 6.54 Å². The van der Waals surface area contributed by atoms with Crippen molar-refractivity contribution in [2.75, 3.05) is 11.4 Å². The van der Waals surface area contributed by atoms with Gasteiger partial charge in [0.15, 0.2) is 0 Å². The molecule has 0 aliphatic carbocycles. The molecule has 1 aromatic carbocycles. The molecule has 0 aromatic heterocycles. The number of hydrogen-bond acceptors (Lipinski definition) is 2. The lowest BCUT2D eigenvalue weighted by Crippen LogP contribution is -2.45. The number of nitrogens with zero attached hydrogens (tertiary/aromatic N) is 1. The molecule has 2 N–H and O–H groups in total. The van der Waals surface area contributed by atoms with Gasteiger partial charge in [-0.3, -0.25) is 0 Å². The highest BCUT2D eigenvalue weighted by molar-refractivity contribution is 5.53. The standard InChI is InChI=1S/C12H18N2/c1-9-5-11(8-13)7-12(6-9)14-4-3-10(14)2/h5-7,10H,3-4,8,13H2,1-2H3. The van der Waals surface area contributed by atoms with Crippen molar-refractivity contribution in [3.05, 3.63) is 29.3 Å². The Labute approximate surface area is 85.7 Å². The highest BCUT2D eigenvalue weighted by atomic mass is 15.2. The maximum absolute atomic E-state index is 5.66. The lowest BCUT2D eigenvalue weighted by atomic mass is 10.0. The third kappa shape index (κ3) is 1.62. The number of benzene rings is 1. The Balaban J connectivity index is 2.28. The molecule has 2 nitrogen and oxygen atoms in total. The molecule has 2 heteroatoms. The van der Waals surface area contributed by atoms with Crippen molar-refractivity contribution < 1.29 is 0 Å². The van der Waals surface area contributed by atoms with Crippen LogP contribution >= 0.6 is 0 Å². The fourth-order valence-electron chi connectivity index (χ4n) is 2.02. The quantitative estimate of drug-likeness (QED) is 0.773. The van der Waals surface area contributed by atoms with Crippen LogP contribution in [0.25, 0.3) is 0 Å². The van der Waals surface area contributed by atoms with Crippen LogP contribution in [0, 0.1) is 6.92 Å². The maximum Gasteiger partial charge on any atom is 0.0374 e. The molecule has 0 radical (unpaired) electrons. The minimum absolute atomic E-state index is 0.636. The second-order valence-corrected chi connectivity index (χ2v) is 4.21. The molecule has 14 heavy (non-hydrogen) atoms. The van der Waals surface area contributed by atoms with E-state index in [0.717, 1.165) is 0 Å². The predicted molar refractivity (Wildman–Crippen MR) is 60.5 cm³/mol. The molecule has 1 atom stereocenters. The first-order valence-electron chi connectivity index (χ1n) is 5.28. The summed E-state index contributed by atoms with van der Waals surface area (Å²) in [5.41, 5.74) is 9.54. The minimum atomic E-state index is 0.636. The SMILES string of the molecule is Cc1cc(CN)cc(N2CCC2C)c1. The molecule has 1 aliphatic heterocycles. The molecule has 1 heterocycles. The summed E-state index contributed by atoms with van der Waals surface area (Å²) in [5.74, 6) is 0. The van der Waals surface area contributed by atoms with Crippen molar-refractivity contribution in [3.8, 4) is 0 Å². The van der Waals surface area contributed by atoms with Gasteiger partial charge in [-0.05, 0) is 43.5 Å². The third-order valence-corrected chi connectivity index (χ3v) is 3.01. The van der Waals surface area contributed by atoms with E-state index in [1.807, 2.05) is 0 Å². The van der Waals surface area contributed by atoms with Gasteiger partial charge in [-0.25, -0.2) is 0 Å². The molecule has 0 bridgehead atoms. The summed E-state index contributed by atoms with van der Waals surface area (Å²) in [7, 11) is 0. The van der Waals surface area contributed by atoms with Gasteiger partial charge >= 0.3 is 0 Å². The summed E-state index contributed by atoms with van der Waals surface area (Å²) in [6, 6.07) is 7.31. The molecule has 1 saturated heterocycles. The predicted octanol–water partition coefficient (Wildman–Crippen LogP) is 2.05. The first kappa shape index (κ1) is 9.53. The average molecular weight is 190 g/mol. The van der Waals surface area contributed by atoms with Crippen LogP contribution in [-0.4, -0.2) is 12.6 Å². The first-order valence-corrected chi connectivity index (χ1v) is 5.28. The number of anilines is 1. The Morgan fingerprint density at radius 2 is 2.21 bits per heavy atom. The molecule has 76 valence electrons. The molecule has 1 aromatic rings. The zero-order valence-corrected chi connectivity index (χ0v) is 8.96. The van der Waals surface area contributed by atoms with Crippen molar-refractivity contribution >= 4 is 5.69 Å². The van der Waals surface area contributed by atoms with Gasteiger partial charge in [-0.15, -0.1) is 0 Å². The van der Waals surface area contributed by atoms with Crippen LogP contribution in [0.5, 0.6) is 0 Å². The Kier molecular flexibility index (Phi) is 2.46. The normalized spacial score (nSPS) is 20.8. The van der Waals surface area contributed by atoms with Crippen LogP contribution in [0.4, 0.5) is 5.69 Å². The first-order chi connectivity index (χ1) is 6.70. The zero-order chi connectivity index (χ0) is 10.1. The molecule has 1 aliphatic rings. The average Bonchev–Trinajstić information content (AvgIpc) is 2.14. The van der Waals surface area contributed by atoms with Gasteiger partial charge in [0.2, 0.25) is 0 Å². The van der Waals surface area contributed by atoms with Gasteiger partial charge in [-0.2, -0.15) is 0 Å². The van der Waals surface area contributed by atoms with E-state index in [1.165, 1.54) is 29.8 Å². The highest BCUT2D eigenvalue weighted by Crippen LogP contribution is 2.27. The van der Waals surface area contributed by atoms with E-state index in [2.05, 4.69) is 36.9 Å². The fraction of sp³-hybridized carbons (Fsp3) is 0.500. The summed E-state index contributed by atoms with van der Waals surface area (Å²) >= 11 is 0. The highest BCUT2D eigenvalue weighted by Gasteiger charge is 2.23. The number of aryl methyl sites for hydroxylation is 1. The Bertz CT molecular complexity index is 333. The van der Waals surface area contributed by atoms with Crippen LogP contribution in [0.3, 0.4) is 0 Å². The van der Waals surface area contributed by atoms with Crippen molar-refractivity contribution in [3.63, 3.8) is 0 Å². The van der Waals surface area contributed by atoms with E-state index >= 15 is 0 Å². The number of hydrogen-bond donors (Lipinski definition) is 1. The van der Waals surface area contributed by atoms with Gasteiger partial charge in [0.1, 0.15) is 0 Å². The van der Waals surface area contributed by atoms with Crippen LogP contribution in [0.1, 0.15) is 24.5 Å². The molecule has 0 spiro atoms. The molecule has 1 unspecified atom stereocenters. The van der Waals surface area contributed by atoms with E-state index in [9.17, 15) is 0 Å². The molecule has 2 rings (SSSR count).